The van der Waals surface area contributed by atoms with E-state index in [4.69, 9.17) is 0 Å². The molecule has 0 heterocycles. The summed E-state index contributed by atoms with van der Waals surface area (Å²) in [5, 5.41) is 5.15. The van der Waals surface area contributed by atoms with E-state index in [2.05, 4.69) is 26.6 Å². The molecule has 19 heavy (non-hydrogen) atoms. The van der Waals surface area contributed by atoms with Crippen molar-refractivity contribution in [1.29, 1.82) is 0 Å². The van der Waals surface area contributed by atoms with Crippen LogP contribution in [0.1, 0.15) is 5.56 Å². The number of aryl methyl sites for hydroxylation is 1. The average Bonchev–Trinajstić information content (AvgIpc) is 2.37. The third kappa shape index (κ3) is 3.54. The molecule has 0 spiro atoms. The van der Waals surface area contributed by atoms with Gasteiger partial charge in [0.15, 0.2) is 0 Å². The summed E-state index contributed by atoms with van der Waals surface area (Å²) in [4.78, 5) is 11.8. The number of hydrogen-bond donors (Lipinski definition) is 2. The normalized spacial score (nSPS) is 10.1. The molecule has 98 valence electrons. The van der Waals surface area contributed by atoms with Gasteiger partial charge >= 0.3 is 6.03 Å². The number of benzene rings is 2. The van der Waals surface area contributed by atoms with Crippen LogP contribution in [0.25, 0.3) is 0 Å². The van der Waals surface area contributed by atoms with E-state index in [-0.39, 0.29) is 5.69 Å². The molecular weight excluding hydrogens is 311 g/mol. The van der Waals surface area contributed by atoms with E-state index in [0.29, 0.717) is 5.69 Å². The van der Waals surface area contributed by atoms with E-state index in [9.17, 15) is 9.18 Å². The maximum absolute atomic E-state index is 13.4. The number of hydrogen-bond acceptors (Lipinski definition) is 1. The van der Waals surface area contributed by atoms with E-state index >= 15 is 0 Å². The highest BCUT2D eigenvalue weighted by molar-refractivity contribution is 9.10. The predicted molar refractivity (Wildman–Crippen MR) is 77.9 cm³/mol. The van der Waals surface area contributed by atoms with Crippen molar-refractivity contribution in [3.05, 3.63) is 58.3 Å². The summed E-state index contributed by atoms with van der Waals surface area (Å²) in [6.07, 6.45) is 0. The average molecular weight is 323 g/mol. The lowest BCUT2D eigenvalue weighted by Gasteiger charge is -2.10. The summed E-state index contributed by atoms with van der Waals surface area (Å²) < 4.78 is 14.2. The molecule has 0 atom stereocenters. The number of rotatable bonds is 2. The van der Waals surface area contributed by atoms with Crippen molar-refractivity contribution in [3.8, 4) is 0 Å². The van der Waals surface area contributed by atoms with Gasteiger partial charge in [0.25, 0.3) is 0 Å². The van der Waals surface area contributed by atoms with E-state index in [1.54, 1.807) is 18.2 Å². The Balaban J connectivity index is 2.10. The van der Waals surface area contributed by atoms with Crippen molar-refractivity contribution >= 4 is 33.3 Å². The van der Waals surface area contributed by atoms with Crippen LogP contribution in [0.4, 0.5) is 20.6 Å². The Labute approximate surface area is 119 Å². The second-order valence-electron chi connectivity index (χ2n) is 4.02. The zero-order chi connectivity index (χ0) is 13.8. The summed E-state index contributed by atoms with van der Waals surface area (Å²) in [6.45, 7) is 1.88. The highest BCUT2D eigenvalue weighted by Crippen LogP contribution is 2.21. The molecule has 2 aromatic carbocycles. The fourth-order valence-electron chi connectivity index (χ4n) is 1.57. The third-order valence-corrected chi connectivity index (χ3v) is 3.06. The first-order chi connectivity index (χ1) is 9.06. The molecule has 2 amide bonds. The fraction of sp³-hybridized carbons (Fsp3) is 0.0714. The molecular formula is C14H12BrFN2O. The third-order valence-electron chi connectivity index (χ3n) is 2.57. The monoisotopic (exact) mass is 322 g/mol. The Morgan fingerprint density at radius 3 is 2.53 bits per heavy atom. The minimum absolute atomic E-state index is 0.146. The number of anilines is 2. The van der Waals surface area contributed by atoms with E-state index in [1.807, 2.05) is 19.1 Å². The van der Waals surface area contributed by atoms with Gasteiger partial charge in [-0.15, -0.1) is 0 Å². The topological polar surface area (TPSA) is 41.1 Å². The Bertz CT molecular complexity index is 616. The molecule has 2 aromatic rings. The molecule has 0 fully saturated rings. The van der Waals surface area contributed by atoms with Crippen LogP contribution in [0.3, 0.4) is 0 Å². The minimum Gasteiger partial charge on any atom is -0.307 e. The van der Waals surface area contributed by atoms with Crippen LogP contribution in [0.2, 0.25) is 0 Å². The molecule has 0 aliphatic carbocycles. The van der Waals surface area contributed by atoms with Crippen LogP contribution >= 0.6 is 15.9 Å². The van der Waals surface area contributed by atoms with Gasteiger partial charge in [-0.3, -0.25) is 0 Å². The number of carbonyl (C=O) groups excluding carboxylic acids is 1. The maximum atomic E-state index is 13.4. The first-order valence-corrected chi connectivity index (χ1v) is 6.44. The van der Waals surface area contributed by atoms with Crippen LogP contribution in [-0.4, -0.2) is 6.03 Å². The van der Waals surface area contributed by atoms with E-state index < -0.39 is 11.8 Å². The summed E-state index contributed by atoms with van der Waals surface area (Å²) in [6, 6.07) is 11.1. The highest BCUT2D eigenvalue weighted by Gasteiger charge is 2.07. The first kappa shape index (κ1) is 13.5. The van der Waals surface area contributed by atoms with Crippen LogP contribution in [0, 0.1) is 12.7 Å². The number of para-hydroxylation sites is 1. The number of urea groups is 1. The SMILES string of the molecule is Cc1ccc(Br)cc1NC(=O)Nc1ccccc1F. The zero-order valence-electron chi connectivity index (χ0n) is 10.2. The van der Waals surface area contributed by atoms with Gasteiger partial charge in [-0.1, -0.05) is 34.1 Å². The number of amides is 2. The standard InChI is InChI=1S/C14H12BrFN2O/c1-9-6-7-10(15)8-13(9)18-14(19)17-12-5-3-2-4-11(12)16/h2-8H,1H3,(H2,17,18,19). The van der Waals surface area contributed by atoms with E-state index in [0.717, 1.165) is 10.0 Å². The molecule has 2 rings (SSSR count). The van der Waals surface area contributed by atoms with Gasteiger partial charge in [0.1, 0.15) is 5.82 Å². The highest BCUT2D eigenvalue weighted by atomic mass is 79.9. The van der Waals surface area contributed by atoms with Crippen LogP contribution in [-0.2, 0) is 0 Å². The van der Waals surface area contributed by atoms with Crippen molar-refractivity contribution in [2.75, 3.05) is 10.6 Å². The molecule has 2 N–H and O–H groups in total. The largest absolute Gasteiger partial charge is 0.323 e. The first-order valence-electron chi connectivity index (χ1n) is 5.65. The molecule has 0 aliphatic heterocycles. The molecule has 0 aromatic heterocycles. The Kier molecular flexibility index (Phi) is 4.16. The molecule has 0 saturated heterocycles. The van der Waals surface area contributed by atoms with Crippen LogP contribution in [0.5, 0.6) is 0 Å². The molecule has 0 bridgehead atoms. The van der Waals surface area contributed by atoms with Gasteiger partial charge in [-0.05, 0) is 36.8 Å². The van der Waals surface area contributed by atoms with Crippen LogP contribution in [0.15, 0.2) is 46.9 Å². The van der Waals surface area contributed by atoms with E-state index in [1.165, 1.54) is 12.1 Å². The van der Waals surface area contributed by atoms with Crippen molar-refractivity contribution in [2.45, 2.75) is 6.92 Å². The van der Waals surface area contributed by atoms with Gasteiger partial charge in [0.05, 0.1) is 5.69 Å². The zero-order valence-corrected chi connectivity index (χ0v) is 11.8. The second-order valence-corrected chi connectivity index (χ2v) is 4.93. The second kappa shape index (κ2) is 5.84. The Morgan fingerprint density at radius 2 is 1.79 bits per heavy atom. The number of nitrogens with one attached hydrogen (secondary N) is 2. The quantitative estimate of drug-likeness (QED) is 0.837. The lowest BCUT2D eigenvalue weighted by atomic mass is 10.2. The predicted octanol–water partition coefficient (Wildman–Crippen LogP) is 4.54. The molecule has 0 unspecified atom stereocenters. The summed E-state index contributed by atoms with van der Waals surface area (Å²) in [5.74, 6) is -0.469. The summed E-state index contributed by atoms with van der Waals surface area (Å²) in [7, 11) is 0. The molecule has 0 aliphatic rings. The summed E-state index contributed by atoms with van der Waals surface area (Å²) >= 11 is 3.33. The molecule has 5 heteroatoms. The summed E-state index contributed by atoms with van der Waals surface area (Å²) in [5.41, 5.74) is 1.74. The maximum Gasteiger partial charge on any atom is 0.323 e. The van der Waals surface area contributed by atoms with Crippen molar-refractivity contribution in [2.24, 2.45) is 0 Å². The Hall–Kier alpha value is -1.88. The van der Waals surface area contributed by atoms with Gasteiger partial charge in [-0.25, -0.2) is 9.18 Å². The smallest absolute Gasteiger partial charge is 0.307 e. The van der Waals surface area contributed by atoms with Crippen molar-refractivity contribution < 1.29 is 9.18 Å². The van der Waals surface area contributed by atoms with Gasteiger partial charge in [0.2, 0.25) is 0 Å². The fourth-order valence-corrected chi connectivity index (χ4v) is 1.93. The minimum atomic E-state index is -0.480. The molecule has 3 nitrogen and oxygen atoms in total. The molecule has 0 saturated carbocycles. The van der Waals surface area contributed by atoms with Crippen molar-refractivity contribution in [1.82, 2.24) is 0 Å². The van der Waals surface area contributed by atoms with Crippen molar-refractivity contribution in [3.63, 3.8) is 0 Å². The lowest BCUT2D eigenvalue weighted by molar-refractivity contribution is 0.262. The van der Waals surface area contributed by atoms with Gasteiger partial charge in [0, 0.05) is 10.2 Å². The van der Waals surface area contributed by atoms with Crippen LogP contribution < -0.4 is 10.6 Å². The number of carbonyl (C=O) groups is 1. The number of halogens is 2. The van der Waals surface area contributed by atoms with Gasteiger partial charge < -0.3 is 10.6 Å². The molecule has 0 radical (unpaired) electrons. The van der Waals surface area contributed by atoms with Gasteiger partial charge in [-0.2, -0.15) is 0 Å². The Morgan fingerprint density at radius 1 is 1.11 bits per heavy atom. The lowest BCUT2D eigenvalue weighted by Crippen LogP contribution is -2.20.